The monoisotopic (exact) mass is 356 g/mol. The number of rotatable bonds is 6. The SMILES string of the molecule is CC(C)CCC(NC(=O)c1ccc2nncn2c1)c1ccc(Cl)cc1. The Balaban J connectivity index is 1.80. The van der Waals surface area contributed by atoms with Crippen LogP contribution in [0.15, 0.2) is 48.9 Å². The highest BCUT2D eigenvalue weighted by atomic mass is 35.5. The molecule has 25 heavy (non-hydrogen) atoms. The number of aromatic nitrogens is 3. The van der Waals surface area contributed by atoms with E-state index in [9.17, 15) is 4.79 Å². The summed E-state index contributed by atoms with van der Waals surface area (Å²) in [6.45, 7) is 4.36. The largest absolute Gasteiger partial charge is 0.345 e. The predicted molar refractivity (Wildman–Crippen MR) is 98.7 cm³/mol. The number of pyridine rings is 1. The Morgan fingerprint density at radius 3 is 2.64 bits per heavy atom. The maximum atomic E-state index is 12.7. The van der Waals surface area contributed by atoms with Gasteiger partial charge in [-0.15, -0.1) is 10.2 Å². The number of nitrogens with one attached hydrogen (secondary N) is 1. The van der Waals surface area contributed by atoms with Crippen molar-refractivity contribution in [2.24, 2.45) is 5.92 Å². The fraction of sp³-hybridized carbons (Fsp3) is 0.316. The first-order chi connectivity index (χ1) is 12.0. The van der Waals surface area contributed by atoms with E-state index in [2.05, 4.69) is 29.4 Å². The average molecular weight is 357 g/mol. The molecule has 0 aliphatic rings. The molecule has 0 spiro atoms. The lowest BCUT2D eigenvalue weighted by Crippen LogP contribution is -2.29. The summed E-state index contributed by atoms with van der Waals surface area (Å²) < 4.78 is 1.74. The van der Waals surface area contributed by atoms with E-state index in [1.165, 1.54) is 0 Å². The first-order valence-corrected chi connectivity index (χ1v) is 8.76. The maximum Gasteiger partial charge on any atom is 0.253 e. The molecule has 0 saturated carbocycles. The Hall–Kier alpha value is -2.40. The van der Waals surface area contributed by atoms with Gasteiger partial charge in [0.25, 0.3) is 5.91 Å². The molecule has 0 saturated heterocycles. The lowest BCUT2D eigenvalue weighted by molar-refractivity contribution is 0.0933. The third kappa shape index (κ3) is 4.37. The van der Waals surface area contributed by atoms with E-state index >= 15 is 0 Å². The Morgan fingerprint density at radius 1 is 1.16 bits per heavy atom. The van der Waals surface area contributed by atoms with Crippen LogP contribution in [0.25, 0.3) is 5.65 Å². The molecule has 1 N–H and O–H groups in total. The minimum atomic E-state index is -0.112. The zero-order chi connectivity index (χ0) is 17.8. The fourth-order valence-corrected chi connectivity index (χ4v) is 2.85. The molecule has 130 valence electrons. The molecule has 1 unspecified atom stereocenters. The van der Waals surface area contributed by atoms with E-state index in [4.69, 9.17) is 11.6 Å². The lowest BCUT2D eigenvalue weighted by atomic mass is 9.97. The van der Waals surface area contributed by atoms with E-state index in [0.717, 1.165) is 18.4 Å². The lowest BCUT2D eigenvalue weighted by Gasteiger charge is -2.20. The highest BCUT2D eigenvalue weighted by molar-refractivity contribution is 6.30. The highest BCUT2D eigenvalue weighted by Crippen LogP contribution is 2.23. The van der Waals surface area contributed by atoms with Crippen molar-refractivity contribution in [1.29, 1.82) is 0 Å². The molecule has 3 aromatic rings. The van der Waals surface area contributed by atoms with E-state index in [1.54, 1.807) is 29.1 Å². The second kappa shape index (κ2) is 7.66. The zero-order valence-electron chi connectivity index (χ0n) is 14.3. The Labute approximate surface area is 152 Å². The molecular formula is C19H21ClN4O. The maximum absolute atomic E-state index is 12.7. The standard InChI is InChI=1S/C19H21ClN4O/c1-13(2)3-9-17(14-4-7-16(20)8-5-14)22-19(25)15-6-10-18-23-21-12-24(18)11-15/h4-8,10-13,17H,3,9H2,1-2H3,(H,22,25). The van der Waals surface area contributed by atoms with Crippen molar-refractivity contribution in [2.75, 3.05) is 0 Å². The zero-order valence-corrected chi connectivity index (χ0v) is 15.1. The van der Waals surface area contributed by atoms with Crippen LogP contribution in [0.1, 0.15) is 48.7 Å². The van der Waals surface area contributed by atoms with Crippen LogP contribution in [-0.4, -0.2) is 20.5 Å². The molecule has 0 aliphatic carbocycles. The average Bonchev–Trinajstić information content (AvgIpc) is 3.06. The summed E-state index contributed by atoms with van der Waals surface area (Å²) >= 11 is 5.99. The first-order valence-electron chi connectivity index (χ1n) is 8.38. The summed E-state index contributed by atoms with van der Waals surface area (Å²) in [6, 6.07) is 11.1. The van der Waals surface area contributed by atoms with Gasteiger partial charge >= 0.3 is 0 Å². The molecule has 2 heterocycles. The Bertz CT molecular complexity index is 857. The van der Waals surface area contributed by atoms with Gasteiger partial charge in [-0.3, -0.25) is 9.20 Å². The van der Waals surface area contributed by atoms with Crippen LogP contribution in [0.2, 0.25) is 5.02 Å². The first kappa shape index (κ1) is 17.4. The normalized spacial score (nSPS) is 12.5. The summed E-state index contributed by atoms with van der Waals surface area (Å²) in [5.41, 5.74) is 2.35. The second-order valence-corrected chi connectivity index (χ2v) is 7.00. The van der Waals surface area contributed by atoms with E-state index < -0.39 is 0 Å². The molecule has 5 nitrogen and oxygen atoms in total. The Morgan fingerprint density at radius 2 is 1.92 bits per heavy atom. The molecule has 6 heteroatoms. The van der Waals surface area contributed by atoms with Crippen molar-refractivity contribution in [3.05, 3.63) is 65.1 Å². The van der Waals surface area contributed by atoms with Gasteiger partial charge in [0.05, 0.1) is 11.6 Å². The molecule has 0 bridgehead atoms. The molecule has 1 amide bonds. The molecule has 3 rings (SSSR count). The molecule has 0 radical (unpaired) electrons. The number of carbonyl (C=O) groups excluding carboxylic acids is 1. The Kier molecular flexibility index (Phi) is 5.34. The minimum Gasteiger partial charge on any atom is -0.345 e. The van der Waals surface area contributed by atoms with E-state index in [0.29, 0.717) is 22.2 Å². The van der Waals surface area contributed by atoms with Gasteiger partial charge in [0, 0.05) is 11.2 Å². The van der Waals surface area contributed by atoms with Gasteiger partial charge in [-0.1, -0.05) is 37.6 Å². The molecule has 0 aliphatic heterocycles. The number of hydrogen-bond acceptors (Lipinski definition) is 3. The number of hydrogen-bond donors (Lipinski definition) is 1. The van der Waals surface area contributed by atoms with Crippen LogP contribution in [-0.2, 0) is 0 Å². The topological polar surface area (TPSA) is 59.3 Å². The number of amides is 1. The number of carbonyl (C=O) groups is 1. The van der Waals surface area contributed by atoms with E-state index in [-0.39, 0.29) is 11.9 Å². The van der Waals surface area contributed by atoms with Gasteiger partial charge in [-0.25, -0.2) is 0 Å². The van der Waals surface area contributed by atoms with Gasteiger partial charge in [0.1, 0.15) is 6.33 Å². The summed E-state index contributed by atoms with van der Waals surface area (Å²) in [5, 5.41) is 11.6. The van der Waals surface area contributed by atoms with Crippen LogP contribution in [0.4, 0.5) is 0 Å². The van der Waals surface area contributed by atoms with Gasteiger partial charge in [0.2, 0.25) is 0 Å². The van der Waals surface area contributed by atoms with Crippen LogP contribution in [0.3, 0.4) is 0 Å². The second-order valence-electron chi connectivity index (χ2n) is 6.56. The molecule has 0 fully saturated rings. The van der Waals surface area contributed by atoms with Crippen LogP contribution >= 0.6 is 11.6 Å². The third-order valence-electron chi connectivity index (χ3n) is 4.16. The van der Waals surface area contributed by atoms with Crippen molar-refractivity contribution in [1.82, 2.24) is 19.9 Å². The molecular weight excluding hydrogens is 336 g/mol. The smallest absolute Gasteiger partial charge is 0.253 e. The quantitative estimate of drug-likeness (QED) is 0.716. The summed E-state index contributed by atoms with van der Waals surface area (Å²) in [6.07, 6.45) is 5.23. The van der Waals surface area contributed by atoms with Crippen molar-refractivity contribution in [3.63, 3.8) is 0 Å². The van der Waals surface area contributed by atoms with Crippen LogP contribution in [0.5, 0.6) is 0 Å². The van der Waals surface area contributed by atoms with Crippen molar-refractivity contribution < 1.29 is 4.79 Å². The van der Waals surface area contributed by atoms with Crippen LogP contribution < -0.4 is 5.32 Å². The summed E-state index contributed by atoms with van der Waals surface area (Å²) in [7, 11) is 0. The van der Waals surface area contributed by atoms with Crippen molar-refractivity contribution in [2.45, 2.75) is 32.7 Å². The number of fused-ring (bicyclic) bond motifs is 1. The van der Waals surface area contributed by atoms with Gasteiger partial charge in [-0.2, -0.15) is 0 Å². The van der Waals surface area contributed by atoms with Crippen LogP contribution in [0, 0.1) is 5.92 Å². The summed E-state index contributed by atoms with van der Waals surface area (Å²) in [4.78, 5) is 12.7. The number of halogens is 1. The van der Waals surface area contributed by atoms with Crippen molar-refractivity contribution >= 4 is 23.2 Å². The molecule has 1 atom stereocenters. The van der Waals surface area contributed by atoms with Crippen molar-refractivity contribution in [3.8, 4) is 0 Å². The summed E-state index contributed by atoms with van der Waals surface area (Å²) in [5.74, 6) is 0.458. The molecule has 1 aromatic carbocycles. The van der Waals surface area contributed by atoms with Gasteiger partial charge in [0.15, 0.2) is 5.65 Å². The third-order valence-corrected chi connectivity index (χ3v) is 4.42. The van der Waals surface area contributed by atoms with E-state index in [1.807, 2.05) is 24.3 Å². The van der Waals surface area contributed by atoms with Gasteiger partial charge in [-0.05, 0) is 48.6 Å². The van der Waals surface area contributed by atoms with Gasteiger partial charge < -0.3 is 5.32 Å². The minimum absolute atomic E-state index is 0.0521. The highest BCUT2D eigenvalue weighted by Gasteiger charge is 2.17. The molecule has 2 aromatic heterocycles. The number of nitrogens with zero attached hydrogens (tertiary/aromatic N) is 3. The predicted octanol–water partition coefficient (Wildman–Crippen LogP) is 4.29. The fourth-order valence-electron chi connectivity index (χ4n) is 2.72. The number of benzene rings is 1.